The summed E-state index contributed by atoms with van der Waals surface area (Å²) in [6.45, 7) is 0. The van der Waals surface area contributed by atoms with Crippen LogP contribution in [-0.2, 0) is 10.2 Å². The van der Waals surface area contributed by atoms with E-state index in [9.17, 15) is 18.8 Å². The maximum Gasteiger partial charge on any atom is 0.238 e. The van der Waals surface area contributed by atoms with Crippen LogP contribution in [0.25, 0.3) is 6.08 Å². The fraction of sp³-hybridized carbons (Fsp3) is 0.129. The molecule has 3 aliphatic heterocycles. The number of carbonyl (C=O) groups excluding carboxylic acids is 3. The average Bonchev–Trinajstić information content (AvgIpc) is 3.65. The van der Waals surface area contributed by atoms with Crippen molar-refractivity contribution in [2.45, 2.75) is 17.5 Å². The molecule has 4 heterocycles. The smallest absolute Gasteiger partial charge is 0.238 e. The zero-order valence-electron chi connectivity index (χ0n) is 20.0. The minimum absolute atomic E-state index is 0.219. The van der Waals surface area contributed by atoms with E-state index in [1.165, 1.54) is 35.6 Å². The minimum atomic E-state index is -1.39. The lowest BCUT2D eigenvalue weighted by molar-refractivity contribution is -0.122. The van der Waals surface area contributed by atoms with E-state index < -0.39 is 29.2 Å². The Morgan fingerprint density at radius 2 is 1.66 bits per heavy atom. The van der Waals surface area contributed by atoms with Crippen LogP contribution in [0, 0.1) is 11.7 Å². The number of ketones is 2. The number of anilines is 1. The van der Waals surface area contributed by atoms with Crippen molar-refractivity contribution in [2.24, 2.45) is 5.92 Å². The molecule has 3 aliphatic rings. The van der Waals surface area contributed by atoms with Crippen molar-refractivity contribution < 1.29 is 18.8 Å². The molecule has 0 radical (unpaired) electrons. The highest BCUT2D eigenvalue weighted by molar-refractivity contribution is 7.12. The Hall–Kier alpha value is -4.36. The standard InChI is InChI=1S/C31H21FN2O3S/c32-20-13-11-19(12-14-20)27(35)25-26(28(36)24-10-5-17-38-24)34-16-15-18-6-1-2-7-21(18)29(34)31(25)22-8-3-4-9-23(22)33-30(31)37/h1-17,25-26,29H,(H,33,37)/t25-,26+,29-,31+/m1/s1. The van der Waals surface area contributed by atoms with E-state index >= 15 is 0 Å². The summed E-state index contributed by atoms with van der Waals surface area (Å²) in [5, 5.41) is 4.85. The van der Waals surface area contributed by atoms with Crippen molar-refractivity contribution in [1.82, 2.24) is 4.90 Å². The van der Waals surface area contributed by atoms with Gasteiger partial charge in [0.1, 0.15) is 17.3 Å². The Bertz CT molecular complexity index is 1650. The van der Waals surface area contributed by atoms with E-state index in [1.807, 2.05) is 71.1 Å². The number of para-hydroxylation sites is 1. The fourth-order valence-electron chi connectivity index (χ4n) is 6.53. The van der Waals surface area contributed by atoms with Crippen LogP contribution >= 0.6 is 11.3 Å². The van der Waals surface area contributed by atoms with Crippen molar-refractivity contribution in [3.63, 3.8) is 0 Å². The minimum Gasteiger partial charge on any atom is -0.358 e. The number of amides is 1. The molecule has 7 heteroatoms. The number of nitrogens with one attached hydrogen (secondary N) is 1. The number of hydrogen-bond acceptors (Lipinski definition) is 5. The third-order valence-corrected chi connectivity index (χ3v) is 8.90. The van der Waals surface area contributed by atoms with Crippen molar-refractivity contribution in [1.29, 1.82) is 0 Å². The first-order chi connectivity index (χ1) is 18.5. The Morgan fingerprint density at radius 3 is 2.45 bits per heavy atom. The highest BCUT2D eigenvalue weighted by Crippen LogP contribution is 2.62. The summed E-state index contributed by atoms with van der Waals surface area (Å²) < 4.78 is 13.8. The predicted molar refractivity (Wildman–Crippen MR) is 143 cm³/mol. The summed E-state index contributed by atoms with van der Waals surface area (Å²) in [5.74, 6) is -2.43. The molecule has 4 aromatic rings. The predicted octanol–water partition coefficient (Wildman–Crippen LogP) is 5.87. The van der Waals surface area contributed by atoms with E-state index in [2.05, 4.69) is 5.32 Å². The number of fused-ring (bicyclic) bond motifs is 6. The molecule has 3 aromatic carbocycles. The number of halogens is 1. The van der Waals surface area contributed by atoms with E-state index in [0.717, 1.165) is 11.1 Å². The van der Waals surface area contributed by atoms with Gasteiger partial charge in [-0.1, -0.05) is 48.5 Å². The SMILES string of the molecule is O=C(c1cccs1)[C@@H]1[C@H](C(=O)c2ccc(F)cc2)[C@]2(C(=O)Nc3ccccc32)[C@H]2c3ccccc3C=CN12. The topological polar surface area (TPSA) is 66.5 Å². The summed E-state index contributed by atoms with van der Waals surface area (Å²) in [6.07, 6.45) is 3.77. The zero-order chi connectivity index (χ0) is 26.0. The number of benzene rings is 3. The summed E-state index contributed by atoms with van der Waals surface area (Å²) >= 11 is 1.31. The molecule has 0 aliphatic carbocycles. The second-order valence-corrected chi connectivity index (χ2v) is 10.7. The number of hydrogen-bond donors (Lipinski definition) is 1. The monoisotopic (exact) mass is 520 g/mol. The Morgan fingerprint density at radius 1 is 0.895 bits per heavy atom. The Kier molecular flexibility index (Phi) is 5.00. The summed E-state index contributed by atoms with van der Waals surface area (Å²) in [6, 6.07) is 22.5. The summed E-state index contributed by atoms with van der Waals surface area (Å²) in [5.41, 5.74) is 2.00. The van der Waals surface area contributed by atoms with E-state index in [4.69, 9.17) is 0 Å². The van der Waals surface area contributed by atoms with Gasteiger partial charge >= 0.3 is 0 Å². The number of Topliss-reactive ketones (excluding diaryl/α,β-unsaturated/α-hetero) is 2. The average molecular weight is 521 g/mol. The van der Waals surface area contributed by atoms with E-state index in [1.54, 1.807) is 12.1 Å². The van der Waals surface area contributed by atoms with Crippen LogP contribution in [0.4, 0.5) is 10.1 Å². The van der Waals surface area contributed by atoms with Gasteiger partial charge in [0, 0.05) is 17.5 Å². The van der Waals surface area contributed by atoms with Crippen LogP contribution in [-0.4, -0.2) is 28.4 Å². The fourth-order valence-corrected chi connectivity index (χ4v) is 7.22. The van der Waals surface area contributed by atoms with E-state index in [-0.39, 0.29) is 23.0 Å². The summed E-state index contributed by atoms with van der Waals surface area (Å²) in [4.78, 5) is 45.4. The highest BCUT2D eigenvalue weighted by atomic mass is 32.1. The lowest BCUT2D eigenvalue weighted by atomic mass is 9.63. The Balaban J connectivity index is 1.55. The largest absolute Gasteiger partial charge is 0.358 e. The van der Waals surface area contributed by atoms with Crippen molar-refractivity contribution >= 4 is 40.6 Å². The van der Waals surface area contributed by atoms with Crippen LogP contribution in [0.3, 0.4) is 0 Å². The third-order valence-electron chi connectivity index (χ3n) is 8.01. The molecule has 1 spiro atoms. The first kappa shape index (κ1) is 22.8. The van der Waals surface area contributed by atoms with Crippen LogP contribution in [0.5, 0.6) is 0 Å². The number of thiophene rings is 1. The van der Waals surface area contributed by atoms with Gasteiger partial charge in [0.2, 0.25) is 5.91 Å². The molecular weight excluding hydrogens is 499 g/mol. The zero-order valence-corrected chi connectivity index (χ0v) is 20.8. The van der Waals surface area contributed by atoms with Gasteiger partial charge in [-0.2, -0.15) is 0 Å². The molecule has 1 amide bonds. The maximum atomic E-state index is 14.5. The lowest BCUT2D eigenvalue weighted by Crippen LogP contribution is -2.49. The van der Waals surface area contributed by atoms with Gasteiger partial charge in [0.05, 0.1) is 16.8 Å². The molecule has 0 saturated carbocycles. The summed E-state index contributed by atoms with van der Waals surface area (Å²) in [7, 11) is 0. The maximum absolute atomic E-state index is 14.5. The normalized spacial score (nSPS) is 24.6. The molecule has 186 valence electrons. The number of carbonyl (C=O) groups is 3. The molecule has 1 fully saturated rings. The molecule has 5 nitrogen and oxygen atoms in total. The number of nitrogens with zero attached hydrogens (tertiary/aromatic N) is 1. The first-order valence-electron chi connectivity index (χ1n) is 12.3. The Labute approximate surface area is 222 Å². The van der Waals surface area contributed by atoms with Crippen molar-refractivity contribution in [2.75, 3.05) is 5.32 Å². The van der Waals surface area contributed by atoms with Crippen LogP contribution < -0.4 is 5.32 Å². The molecule has 4 atom stereocenters. The van der Waals surface area contributed by atoms with Crippen LogP contribution in [0.1, 0.15) is 42.8 Å². The highest BCUT2D eigenvalue weighted by Gasteiger charge is 2.70. The number of rotatable bonds is 4. The molecule has 38 heavy (non-hydrogen) atoms. The quantitative estimate of drug-likeness (QED) is 0.342. The molecule has 1 N–H and O–H groups in total. The van der Waals surface area contributed by atoms with Crippen molar-refractivity contribution in [3.05, 3.63) is 129 Å². The van der Waals surface area contributed by atoms with Crippen LogP contribution in [0.2, 0.25) is 0 Å². The van der Waals surface area contributed by atoms with E-state index in [0.29, 0.717) is 16.1 Å². The molecule has 1 saturated heterocycles. The van der Waals surface area contributed by atoms with Gasteiger partial charge in [-0.05, 0) is 64.5 Å². The molecule has 1 aromatic heterocycles. The van der Waals surface area contributed by atoms with Gasteiger partial charge < -0.3 is 10.2 Å². The molecular formula is C31H21FN2O3S. The van der Waals surface area contributed by atoms with Crippen molar-refractivity contribution in [3.8, 4) is 0 Å². The second kappa shape index (κ2) is 8.33. The third kappa shape index (κ3) is 2.99. The molecule has 7 rings (SSSR count). The molecule has 0 bridgehead atoms. The lowest BCUT2D eigenvalue weighted by Gasteiger charge is -2.38. The second-order valence-electron chi connectivity index (χ2n) is 9.80. The van der Waals surface area contributed by atoms with Gasteiger partial charge in [0.15, 0.2) is 11.6 Å². The van der Waals surface area contributed by atoms with Crippen LogP contribution in [0.15, 0.2) is 96.5 Å². The van der Waals surface area contributed by atoms with Gasteiger partial charge in [-0.15, -0.1) is 11.3 Å². The van der Waals surface area contributed by atoms with Gasteiger partial charge in [-0.3, -0.25) is 14.4 Å². The van der Waals surface area contributed by atoms with Gasteiger partial charge in [-0.25, -0.2) is 4.39 Å². The first-order valence-corrected chi connectivity index (χ1v) is 13.2. The molecule has 0 unspecified atom stereocenters. The van der Waals surface area contributed by atoms with Gasteiger partial charge in [0.25, 0.3) is 0 Å².